The van der Waals surface area contributed by atoms with E-state index in [9.17, 15) is 4.79 Å². The lowest BCUT2D eigenvalue weighted by molar-refractivity contribution is 0.0997. The van der Waals surface area contributed by atoms with Crippen LogP contribution in [0, 0.1) is 6.92 Å². The summed E-state index contributed by atoms with van der Waals surface area (Å²) in [5, 5.41) is 3.76. The molecule has 0 aliphatic rings. The minimum Gasteiger partial charge on any atom is -0.448 e. The first-order chi connectivity index (χ1) is 12.7. The number of benzene rings is 2. The largest absolute Gasteiger partial charge is 0.448 e. The highest BCUT2D eigenvalue weighted by Gasteiger charge is 2.16. The molecule has 26 heavy (non-hydrogen) atoms. The molecule has 0 unspecified atom stereocenters. The summed E-state index contributed by atoms with van der Waals surface area (Å²) in [5.74, 6) is 0.641. The van der Waals surface area contributed by atoms with Gasteiger partial charge in [0.2, 0.25) is 0 Å². The smallest absolute Gasteiger partial charge is 0.291 e. The molecule has 1 N–H and O–H groups in total. The van der Waals surface area contributed by atoms with Crippen molar-refractivity contribution in [3.8, 4) is 10.8 Å². The highest BCUT2D eigenvalue weighted by atomic mass is 32.1. The fraction of sp³-hybridized carbons (Fsp3) is 0.143. The molecule has 0 fully saturated rings. The Kier molecular flexibility index (Phi) is 4.31. The van der Waals surface area contributed by atoms with Crippen molar-refractivity contribution in [3.63, 3.8) is 0 Å². The quantitative estimate of drug-likeness (QED) is 0.508. The molecule has 0 aliphatic carbocycles. The van der Waals surface area contributed by atoms with Crippen molar-refractivity contribution in [3.05, 3.63) is 71.5 Å². The van der Waals surface area contributed by atoms with Crippen LogP contribution in [0.4, 0.5) is 5.69 Å². The number of hydrogen-bond donors (Lipinski definition) is 1. The number of hydrogen-bond acceptors (Lipinski definition) is 4. The van der Waals surface area contributed by atoms with Gasteiger partial charge in [-0.2, -0.15) is 0 Å². The Labute approximate surface area is 155 Å². The molecule has 0 aliphatic heterocycles. The Morgan fingerprint density at radius 2 is 1.96 bits per heavy atom. The predicted octanol–water partition coefficient (Wildman–Crippen LogP) is 5.68. The lowest BCUT2D eigenvalue weighted by Gasteiger charge is -2.11. The lowest BCUT2D eigenvalue weighted by Crippen LogP contribution is -2.13. The average Bonchev–Trinajstić information content (AvgIpc) is 3.30. The molecular formula is C21H18N2O2S. The summed E-state index contributed by atoms with van der Waals surface area (Å²) in [5.41, 5.74) is 3.94. The fourth-order valence-corrected chi connectivity index (χ4v) is 3.86. The van der Waals surface area contributed by atoms with Gasteiger partial charge in [0.1, 0.15) is 0 Å². The molecule has 2 aromatic heterocycles. The van der Waals surface area contributed by atoms with Crippen LogP contribution in [-0.4, -0.2) is 10.9 Å². The first-order valence-corrected chi connectivity index (χ1v) is 9.33. The molecule has 4 aromatic rings. The zero-order valence-electron chi connectivity index (χ0n) is 14.6. The van der Waals surface area contributed by atoms with Crippen LogP contribution in [0.3, 0.4) is 0 Å². The van der Waals surface area contributed by atoms with Gasteiger partial charge in [-0.25, -0.2) is 4.98 Å². The van der Waals surface area contributed by atoms with Crippen molar-refractivity contribution in [2.24, 2.45) is 0 Å². The van der Waals surface area contributed by atoms with Crippen LogP contribution in [0.5, 0.6) is 0 Å². The van der Waals surface area contributed by atoms with E-state index in [0.717, 1.165) is 38.5 Å². The number of amides is 1. The summed E-state index contributed by atoms with van der Waals surface area (Å²) in [6.07, 6.45) is 0.854. The lowest BCUT2D eigenvalue weighted by atomic mass is 10.1. The second-order valence-electron chi connectivity index (χ2n) is 6.07. The maximum absolute atomic E-state index is 12.6. The van der Waals surface area contributed by atoms with Crippen LogP contribution in [-0.2, 0) is 6.42 Å². The molecule has 2 aromatic carbocycles. The number of rotatable bonds is 4. The predicted molar refractivity (Wildman–Crippen MR) is 106 cm³/mol. The number of anilines is 1. The van der Waals surface area contributed by atoms with E-state index < -0.39 is 0 Å². The molecule has 0 bridgehead atoms. The van der Waals surface area contributed by atoms with Gasteiger partial charge in [0, 0.05) is 5.69 Å². The number of furan rings is 1. The van der Waals surface area contributed by atoms with E-state index in [1.807, 2.05) is 49.4 Å². The standard InChI is InChI=1S/C21H18N2O2S/c1-3-14-8-6-7-13(2)19(14)23-20(24)16-11-12-17(25-16)21-22-15-9-4-5-10-18(15)26-21/h4-12H,3H2,1-2H3,(H,23,24). The van der Waals surface area contributed by atoms with E-state index in [1.54, 1.807) is 23.5 Å². The first-order valence-electron chi connectivity index (χ1n) is 8.51. The minimum atomic E-state index is -0.249. The van der Waals surface area contributed by atoms with Crippen LogP contribution < -0.4 is 5.32 Å². The summed E-state index contributed by atoms with van der Waals surface area (Å²) in [6, 6.07) is 17.4. The molecule has 1 amide bonds. The van der Waals surface area contributed by atoms with Gasteiger partial charge in [0.15, 0.2) is 16.5 Å². The van der Waals surface area contributed by atoms with E-state index in [4.69, 9.17) is 4.42 Å². The van der Waals surface area contributed by atoms with Crippen molar-refractivity contribution < 1.29 is 9.21 Å². The molecule has 4 rings (SSSR count). The number of para-hydroxylation sites is 2. The third-order valence-electron chi connectivity index (χ3n) is 4.31. The molecular weight excluding hydrogens is 344 g/mol. The van der Waals surface area contributed by atoms with Gasteiger partial charge >= 0.3 is 0 Å². The fourth-order valence-electron chi connectivity index (χ4n) is 2.93. The van der Waals surface area contributed by atoms with E-state index in [2.05, 4.69) is 17.2 Å². The normalized spacial score (nSPS) is 11.0. The topological polar surface area (TPSA) is 55.1 Å². The zero-order valence-corrected chi connectivity index (χ0v) is 15.4. The Balaban J connectivity index is 1.61. The number of aryl methyl sites for hydroxylation is 2. The number of carbonyl (C=O) groups excluding carboxylic acids is 1. The first kappa shape index (κ1) is 16.5. The summed E-state index contributed by atoms with van der Waals surface area (Å²) < 4.78 is 6.88. The van der Waals surface area contributed by atoms with E-state index >= 15 is 0 Å². The van der Waals surface area contributed by atoms with Crippen LogP contribution in [0.1, 0.15) is 28.6 Å². The molecule has 0 spiro atoms. The Morgan fingerprint density at radius 3 is 2.77 bits per heavy atom. The van der Waals surface area contributed by atoms with Crippen molar-refractivity contribution in [2.75, 3.05) is 5.32 Å². The van der Waals surface area contributed by atoms with Gasteiger partial charge in [0.05, 0.1) is 10.2 Å². The molecule has 0 radical (unpaired) electrons. The third kappa shape index (κ3) is 3.02. The van der Waals surface area contributed by atoms with Gasteiger partial charge < -0.3 is 9.73 Å². The Bertz CT molecular complexity index is 1060. The molecule has 2 heterocycles. The molecule has 0 atom stereocenters. The molecule has 5 heteroatoms. The molecule has 4 nitrogen and oxygen atoms in total. The van der Waals surface area contributed by atoms with Crippen molar-refractivity contribution >= 4 is 33.1 Å². The molecule has 0 saturated heterocycles. The monoisotopic (exact) mass is 362 g/mol. The SMILES string of the molecule is CCc1cccc(C)c1NC(=O)c1ccc(-c2nc3ccccc3s2)o1. The number of thiazole rings is 1. The Morgan fingerprint density at radius 1 is 1.12 bits per heavy atom. The average molecular weight is 362 g/mol. The third-order valence-corrected chi connectivity index (χ3v) is 5.36. The van der Waals surface area contributed by atoms with Crippen molar-refractivity contribution in [1.29, 1.82) is 0 Å². The Hall–Kier alpha value is -2.92. The summed E-state index contributed by atoms with van der Waals surface area (Å²) in [4.78, 5) is 17.2. The van der Waals surface area contributed by atoms with E-state index in [1.165, 1.54) is 0 Å². The van der Waals surface area contributed by atoms with E-state index in [0.29, 0.717) is 5.76 Å². The maximum Gasteiger partial charge on any atom is 0.291 e. The summed E-state index contributed by atoms with van der Waals surface area (Å²) >= 11 is 1.55. The minimum absolute atomic E-state index is 0.249. The number of nitrogens with zero attached hydrogens (tertiary/aromatic N) is 1. The summed E-state index contributed by atoms with van der Waals surface area (Å²) in [7, 11) is 0. The van der Waals surface area contributed by atoms with Gasteiger partial charge in [-0.05, 0) is 48.7 Å². The highest BCUT2D eigenvalue weighted by molar-refractivity contribution is 7.21. The van der Waals surface area contributed by atoms with Gasteiger partial charge in [-0.15, -0.1) is 11.3 Å². The maximum atomic E-state index is 12.6. The van der Waals surface area contributed by atoms with E-state index in [-0.39, 0.29) is 11.7 Å². The number of fused-ring (bicyclic) bond motifs is 1. The van der Waals surface area contributed by atoms with Crippen LogP contribution in [0.2, 0.25) is 0 Å². The van der Waals surface area contributed by atoms with Crippen LogP contribution >= 0.6 is 11.3 Å². The number of nitrogens with one attached hydrogen (secondary N) is 1. The van der Waals surface area contributed by atoms with Gasteiger partial charge in [-0.3, -0.25) is 4.79 Å². The van der Waals surface area contributed by atoms with Gasteiger partial charge in [-0.1, -0.05) is 37.3 Å². The second kappa shape index (κ2) is 6.77. The van der Waals surface area contributed by atoms with Crippen LogP contribution in [0.25, 0.3) is 21.0 Å². The molecule has 130 valence electrons. The second-order valence-corrected chi connectivity index (χ2v) is 7.10. The number of aromatic nitrogens is 1. The van der Waals surface area contributed by atoms with Crippen molar-refractivity contribution in [1.82, 2.24) is 4.98 Å². The highest BCUT2D eigenvalue weighted by Crippen LogP contribution is 2.31. The summed E-state index contributed by atoms with van der Waals surface area (Å²) in [6.45, 7) is 4.06. The zero-order chi connectivity index (χ0) is 18.1. The van der Waals surface area contributed by atoms with Crippen molar-refractivity contribution in [2.45, 2.75) is 20.3 Å². The van der Waals surface area contributed by atoms with Crippen LogP contribution in [0.15, 0.2) is 59.0 Å². The number of carbonyl (C=O) groups is 1. The molecule has 0 saturated carbocycles. The van der Waals surface area contributed by atoms with Gasteiger partial charge in [0.25, 0.3) is 5.91 Å².